The Balaban J connectivity index is 2.12. The van der Waals surface area contributed by atoms with E-state index in [1.54, 1.807) is 6.92 Å². The number of carbonyl (C=O) groups excluding carboxylic acids is 1. The average molecular weight is 467 g/mol. The van der Waals surface area contributed by atoms with E-state index in [2.05, 4.69) is 43.2 Å². The minimum absolute atomic E-state index is 0.0740. The molecule has 2 heterocycles. The number of imidazole rings is 1. The first-order chi connectivity index (χ1) is 12.0. The lowest BCUT2D eigenvalue weighted by atomic mass is 10.1. The molecule has 5 nitrogen and oxygen atoms in total. The Labute approximate surface area is 162 Å². The Morgan fingerprint density at radius 1 is 1.32 bits per heavy atom. The summed E-state index contributed by atoms with van der Waals surface area (Å²) in [4.78, 5) is 16.5. The van der Waals surface area contributed by atoms with Crippen LogP contribution in [0.15, 0.2) is 45.5 Å². The number of esters is 1. The van der Waals surface area contributed by atoms with Gasteiger partial charge in [-0.15, -0.1) is 0 Å². The molecule has 0 unspecified atom stereocenters. The third kappa shape index (κ3) is 3.88. The summed E-state index contributed by atoms with van der Waals surface area (Å²) >= 11 is 7.06. The van der Waals surface area contributed by atoms with Crippen LogP contribution < -0.4 is 5.32 Å². The number of pyridine rings is 1. The van der Waals surface area contributed by atoms with Gasteiger partial charge in [-0.25, -0.2) is 4.98 Å². The second kappa shape index (κ2) is 7.58. The van der Waals surface area contributed by atoms with E-state index in [4.69, 9.17) is 9.72 Å². The van der Waals surface area contributed by atoms with Crippen LogP contribution in [0.4, 0.5) is 5.82 Å². The van der Waals surface area contributed by atoms with E-state index in [-0.39, 0.29) is 12.5 Å². The molecular formula is C18H17Br2N3O2. The first kappa shape index (κ1) is 17.9. The van der Waals surface area contributed by atoms with Crippen molar-refractivity contribution in [2.75, 3.05) is 18.5 Å². The zero-order valence-electron chi connectivity index (χ0n) is 13.8. The minimum atomic E-state index is -0.304. The van der Waals surface area contributed by atoms with Crippen molar-refractivity contribution in [3.8, 4) is 11.3 Å². The molecule has 0 amide bonds. The second-order valence-corrected chi connectivity index (χ2v) is 7.31. The van der Waals surface area contributed by atoms with E-state index >= 15 is 0 Å². The van der Waals surface area contributed by atoms with Crippen LogP contribution in [0.25, 0.3) is 16.9 Å². The third-order valence-corrected chi connectivity index (χ3v) is 4.66. The molecule has 3 rings (SSSR count). The van der Waals surface area contributed by atoms with E-state index in [0.717, 1.165) is 37.2 Å². The quantitative estimate of drug-likeness (QED) is 0.548. The van der Waals surface area contributed by atoms with Gasteiger partial charge in [0.05, 0.1) is 11.1 Å². The number of ether oxygens (including phenoxy) is 1. The van der Waals surface area contributed by atoms with Gasteiger partial charge in [0.15, 0.2) is 5.65 Å². The highest BCUT2D eigenvalue weighted by Gasteiger charge is 2.17. The van der Waals surface area contributed by atoms with Gasteiger partial charge in [0.2, 0.25) is 0 Å². The maximum absolute atomic E-state index is 11.8. The lowest BCUT2D eigenvalue weighted by molar-refractivity contribution is -0.140. The summed E-state index contributed by atoms with van der Waals surface area (Å²) in [6.07, 6.45) is 1.92. The Morgan fingerprint density at radius 2 is 2.12 bits per heavy atom. The number of nitrogens with zero attached hydrogens (tertiary/aromatic N) is 2. The normalized spacial score (nSPS) is 10.9. The maximum atomic E-state index is 11.8. The molecular weight excluding hydrogens is 450 g/mol. The monoisotopic (exact) mass is 465 g/mol. The van der Waals surface area contributed by atoms with Crippen LogP contribution in [0.3, 0.4) is 0 Å². The van der Waals surface area contributed by atoms with Crippen LogP contribution >= 0.6 is 31.9 Å². The Morgan fingerprint density at radius 3 is 2.84 bits per heavy atom. The van der Waals surface area contributed by atoms with Gasteiger partial charge < -0.3 is 10.1 Å². The van der Waals surface area contributed by atoms with Crippen molar-refractivity contribution in [3.63, 3.8) is 0 Å². The van der Waals surface area contributed by atoms with Crippen molar-refractivity contribution in [3.05, 3.63) is 51.0 Å². The highest BCUT2D eigenvalue weighted by atomic mass is 79.9. The molecule has 7 heteroatoms. The zero-order chi connectivity index (χ0) is 18.0. The minimum Gasteiger partial charge on any atom is -0.465 e. The van der Waals surface area contributed by atoms with Crippen molar-refractivity contribution in [2.45, 2.75) is 13.8 Å². The number of aromatic nitrogens is 2. The fourth-order valence-electron chi connectivity index (χ4n) is 2.60. The molecule has 0 aliphatic rings. The van der Waals surface area contributed by atoms with Crippen molar-refractivity contribution >= 4 is 49.3 Å². The van der Waals surface area contributed by atoms with Gasteiger partial charge in [0.1, 0.15) is 18.1 Å². The van der Waals surface area contributed by atoms with Crippen molar-refractivity contribution in [1.82, 2.24) is 9.38 Å². The van der Waals surface area contributed by atoms with Crippen LogP contribution in [0.2, 0.25) is 0 Å². The first-order valence-electron chi connectivity index (χ1n) is 7.83. The van der Waals surface area contributed by atoms with Gasteiger partial charge in [0.25, 0.3) is 0 Å². The van der Waals surface area contributed by atoms with Gasteiger partial charge in [-0.1, -0.05) is 23.8 Å². The van der Waals surface area contributed by atoms with Crippen LogP contribution in [-0.2, 0) is 9.53 Å². The molecule has 0 fully saturated rings. The molecule has 0 atom stereocenters. The van der Waals surface area contributed by atoms with E-state index in [9.17, 15) is 4.79 Å². The number of fused-ring (bicyclic) bond motifs is 1. The fraction of sp³-hybridized carbons (Fsp3) is 0.222. The van der Waals surface area contributed by atoms with Gasteiger partial charge in [-0.3, -0.25) is 9.20 Å². The summed E-state index contributed by atoms with van der Waals surface area (Å²) in [7, 11) is 0. The van der Waals surface area contributed by atoms with Gasteiger partial charge in [-0.05, 0) is 57.8 Å². The molecule has 3 aromatic rings. The predicted octanol–water partition coefficient (Wildman–Crippen LogP) is 4.81. The van der Waals surface area contributed by atoms with E-state index in [1.165, 1.54) is 0 Å². The molecule has 130 valence electrons. The Kier molecular flexibility index (Phi) is 5.44. The molecule has 25 heavy (non-hydrogen) atoms. The van der Waals surface area contributed by atoms with E-state index in [1.807, 2.05) is 41.8 Å². The number of rotatable bonds is 5. The van der Waals surface area contributed by atoms with Crippen LogP contribution in [0.1, 0.15) is 12.5 Å². The van der Waals surface area contributed by atoms with Crippen molar-refractivity contribution in [1.29, 1.82) is 0 Å². The molecule has 0 aliphatic carbocycles. The largest absolute Gasteiger partial charge is 0.465 e. The number of benzene rings is 1. The van der Waals surface area contributed by atoms with Gasteiger partial charge in [-0.2, -0.15) is 0 Å². The molecule has 0 saturated carbocycles. The predicted molar refractivity (Wildman–Crippen MR) is 106 cm³/mol. The smallest absolute Gasteiger partial charge is 0.325 e. The summed E-state index contributed by atoms with van der Waals surface area (Å²) < 4.78 is 8.70. The lowest BCUT2D eigenvalue weighted by Gasteiger charge is -2.09. The summed E-state index contributed by atoms with van der Waals surface area (Å²) in [6, 6.07) is 10.1. The van der Waals surface area contributed by atoms with Crippen molar-refractivity contribution in [2.24, 2.45) is 0 Å². The molecule has 0 bridgehead atoms. The summed E-state index contributed by atoms with van der Waals surface area (Å²) in [6.45, 7) is 4.26. The Bertz CT molecular complexity index is 937. The second-order valence-electron chi connectivity index (χ2n) is 5.54. The molecule has 2 aromatic heterocycles. The van der Waals surface area contributed by atoms with Gasteiger partial charge in [0, 0.05) is 16.2 Å². The molecule has 1 N–H and O–H groups in total. The topological polar surface area (TPSA) is 55.6 Å². The van der Waals surface area contributed by atoms with E-state index < -0.39 is 0 Å². The maximum Gasteiger partial charge on any atom is 0.325 e. The summed E-state index contributed by atoms with van der Waals surface area (Å²) in [5.41, 5.74) is 3.68. The summed E-state index contributed by atoms with van der Waals surface area (Å²) in [5, 5.41) is 3.18. The number of hydrogen-bond donors (Lipinski definition) is 1. The highest BCUT2D eigenvalue weighted by molar-refractivity contribution is 9.11. The molecule has 0 saturated heterocycles. The Hall–Kier alpha value is -1.86. The zero-order valence-corrected chi connectivity index (χ0v) is 17.0. The standard InChI is InChI=1S/C18H17Br2N3O2/c1-3-25-15(24)9-21-18-16(12-6-4-5-11(2)7-12)22-17-14(20)8-13(19)10-23(17)18/h4-8,10,21H,3,9H2,1-2H3. The van der Waals surface area contributed by atoms with Crippen LogP contribution in [0, 0.1) is 6.92 Å². The number of hydrogen-bond acceptors (Lipinski definition) is 4. The van der Waals surface area contributed by atoms with E-state index in [0.29, 0.717) is 6.61 Å². The SMILES string of the molecule is CCOC(=O)CNc1c(-c2cccc(C)c2)nc2c(Br)cc(Br)cn12. The van der Waals surface area contributed by atoms with Crippen molar-refractivity contribution < 1.29 is 9.53 Å². The lowest BCUT2D eigenvalue weighted by Crippen LogP contribution is -2.17. The molecule has 0 aliphatic heterocycles. The first-order valence-corrected chi connectivity index (χ1v) is 9.42. The average Bonchev–Trinajstić information content (AvgIpc) is 2.92. The molecule has 0 spiro atoms. The molecule has 0 radical (unpaired) electrons. The third-order valence-electron chi connectivity index (χ3n) is 3.64. The van der Waals surface area contributed by atoms with Crippen LogP contribution in [-0.4, -0.2) is 28.5 Å². The van der Waals surface area contributed by atoms with Gasteiger partial charge >= 0.3 is 5.97 Å². The van der Waals surface area contributed by atoms with Crippen LogP contribution in [0.5, 0.6) is 0 Å². The summed E-state index contributed by atoms with van der Waals surface area (Å²) in [5.74, 6) is 0.442. The molecule has 1 aromatic carbocycles. The number of halogens is 2. The number of carbonyl (C=O) groups is 1. The number of nitrogens with one attached hydrogen (secondary N) is 1. The number of anilines is 1. The number of aryl methyl sites for hydroxylation is 1. The highest BCUT2D eigenvalue weighted by Crippen LogP contribution is 2.33. The fourth-order valence-corrected chi connectivity index (χ4v) is 3.87.